The van der Waals surface area contributed by atoms with Crippen LogP contribution in [0.25, 0.3) is 10.9 Å². The Balaban J connectivity index is 2.50. The van der Waals surface area contributed by atoms with Gasteiger partial charge in [0.1, 0.15) is 5.82 Å². The van der Waals surface area contributed by atoms with Crippen molar-refractivity contribution in [1.29, 1.82) is 0 Å². The zero-order valence-electron chi connectivity index (χ0n) is 9.71. The first-order valence-electron chi connectivity index (χ1n) is 5.29. The molecule has 0 fully saturated rings. The van der Waals surface area contributed by atoms with Gasteiger partial charge in [0.15, 0.2) is 0 Å². The van der Waals surface area contributed by atoms with Crippen LogP contribution >= 0.6 is 15.9 Å². The van der Waals surface area contributed by atoms with Crippen LogP contribution in [0, 0.1) is 0 Å². The molecule has 0 unspecified atom stereocenters. The van der Waals surface area contributed by atoms with Crippen LogP contribution in [0.1, 0.15) is 20.8 Å². The molecule has 1 N–H and O–H groups in total. The van der Waals surface area contributed by atoms with Gasteiger partial charge in [0.2, 0.25) is 0 Å². The number of halogens is 1. The van der Waals surface area contributed by atoms with Crippen LogP contribution in [0.4, 0.5) is 5.82 Å². The summed E-state index contributed by atoms with van der Waals surface area (Å²) >= 11 is 3.58. The molecule has 0 atom stereocenters. The highest BCUT2D eigenvalue weighted by molar-refractivity contribution is 9.10. The van der Waals surface area contributed by atoms with Gasteiger partial charge in [-0.3, -0.25) is 0 Å². The smallest absolute Gasteiger partial charge is 0.128 e. The molecule has 84 valence electrons. The SMILES string of the molecule is CC(C)(C)Nc1cc(Br)c2ccccc2n1. The highest BCUT2D eigenvalue weighted by Crippen LogP contribution is 2.26. The van der Waals surface area contributed by atoms with E-state index in [4.69, 9.17) is 0 Å². The zero-order chi connectivity index (χ0) is 11.8. The summed E-state index contributed by atoms with van der Waals surface area (Å²) in [5, 5.41) is 4.51. The third-order valence-electron chi connectivity index (χ3n) is 2.17. The molecule has 0 radical (unpaired) electrons. The van der Waals surface area contributed by atoms with Crippen LogP contribution in [0.15, 0.2) is 34.8 Å². The molecule has 0 aliphatic rings. The van der Waals surface area contributed by atoms with Gasteiger partial charge in [-0.15, -0.1) is 0 Å². The molecule has 0 saturated carbocycles. The minimum absolute atomic E-state index is 0.0227. The minimum Gasteiger partial charge on any atom is -0.365 e. The Bertz CT molecular complexity index is 515. The zero-order valence-corrected chi connectivity index (χ0v) is 11.3. The van der Waals surface area contributed by atoms with E-state index in [1.165, 1.54) is 0 Å². The van der Waals surface area contributed by atoms with Crippen molar-refractivity contribution in [2.45, 2.75) is 26.3 Å². The van der Waals surface area contributed by atoms with Gasteiger partial charge in [-0.05, 0) is 48.8 Å². The van der Waals surface area contributed by atoms with E-state index in [1.807, 2.05) is 24.3 Å². The predicted octanol–water partition coefficient (Wildman–Crippen LogP) is 4.21. The lowest BCUT2D eigenvalue weighted by atomic mass is 10.1. The summed E-state index contributed by atoms with van der Waals surface area (Å²) in [6.45, 7) is 6.37. The molecular weight excluding hydrogens is 264 g/mol. The monoisotopic (exact) mass is 278 g/mol. The van der Waals surface area contributed by atoms with Gasteiger partial charge in [0.05, 0.1) is 5.52 Å². The van der Waals surface area contributed by atoms with Crippen LogP contribution in [0.5, 0.6) is 0 Å². The van der Waals surface area contributed by atoms with E-state index in [-0.39, 0.29) is 5.54 Å². The number of nitrogens with one attached hydrogen (secondary N) is 1. The predicted molar refractivity (Wildman–Crippen MR) is 72.8 cm³/mol. The van der Waals surface area contributed by atoms with Crippen LogP contribution in [-0.4, -0.2) is 10.5 Å². The number of pyridine rings is 1. The van der Waals surface area contributed by atoms with E-state index in [9.17, 15) is 0 Å². The lowest BCUT2D eigenvalue weighted by molar-refractivity contribution is 0.631. The van der Waals surface area contributed by atoms with E-state index in [1.54, 1.807) is 0 Å². The Morgan fingerprint density at radius 3 is 2.56 bits per heavy atom. The molecule has 0 saturated heterocycles. The number of fused-ring (bicyclic) bond motifs is 1. The van der Waals surface area contributed by atoms with Gasteiger partial charge in [-0.25, -0.2) is 4.98 Å². The van der Waals surface area contributed by atoms with E-state index >= 15 is 0 Å². The second-order valence-electron chi connectivity index (χ2n) is 4.88. The number of nitrogens with zero attached hydrogens (tertiary/aromatic N) is 1. The Kier molecular flexibility index (Phi) is 2.89. The average Bonchev–Trinajstić information content (AvgIpc) is 2.15. The van der Waals surface area contributed by atoms with Crippen molar-refractivity contribution in [3.8, 4) is 0 Å². The van der Waals surface area contributed by atoms with Crippen LogP contribution < -0.4 is 5.32 Å². The molecular formula is C13H15BrN2. The Labute approximate surface area is 104 Å². The number of hydrogen-bond donors (Lipinski definition) is 1. The van der Waals surface area contributed by atoms with Crippen molar-refractivity contribution in [2.24, 2.45) is 0 Å². The Hall–Kier alpha value is -1.09. The molecule has 3 heteroatoms. The maximum absolute atomic E-state index is 4.58. The first kappa shape index (κ1) is 11.4. The quantitative estimate of drug-likeness (QED) is 0.845. The summed E-state index contributed by atoms with van der Waals surface area (Å²) in [6, 6.07) is 10.1. The fourth-order valence-electron chi connectivity index (χ4n) is 1.58. The van der Waals surface area contributed by atoms with Gasteiger partial charge in [-0.1, -0.05) is 18.2 Å². The number of rotatable bonds is 1. The number of benzene rings is 1. The van der Waals surface area contributed by atoms with Crippen molar-refractivity contribution in [3.05, 3.63) is 34.8 Å². The summed E-state index contributed by atoms with van der Waals surface area (Å²) < 4.78 is 1.07. The minimum atomic E-state index is 0.0227. The number of anilines is 1. The summed E-state index contributed by atoms with van der Waals surface area (Å²) in [5.74, 6) is 0.901. The number of hydrogen-bond acceptors (Lipinski definition) is 2. The summed E-state index contributed by atoms with van der Waals surface area (Å²) in [6.07, 6.45) is 0. The van der Waals surface area contributed by atoms with Crippen LogP contribution in [0.3, 0.4) is 0 Å². The highest BCUT2D eigenvalue weighted by atomic mass is 79.9. The second kappa shape index (κ2) is 4.06. The van der Waals surface area contributed by atoms with Gasteiger partial charge in [-0.2, -0.15) is 0 Å². The first-order chi connectivity index (χ1) is 7.46. The molecule has 2 aromatic rings. The molecule has 0 aliphatic carbocycles. The van der Waals surface area contributed by atoms with Crippen molar-refractivity contribution in [2.75, 3.05) is 5.32 Å². The van der Waals surface area contributed by atoms with Gasteiger partial charge in [0, 0.05) is 15.4 Å². The van der Waals surface area contributed by atoms with Crippen LogP contribution in [-0.2, 0) is 0 Å². The van der Waals surface area contributed by atoms with Crippen molar-refractivity contribution < 1.29 is 0 Å². The van der Waals surface area contributed by atoms with Gasteiger partial charge >= 0.3 is 0 Å². The average molecular weight is 279 g/mol. The molecule has 1 heterocycles. The Morgan fingerprint density at radius 1 is 1.19 bits per heavy atom. The van der Waals surface area contributed by atoms with Crippen molar-refractivity contribution in [1.82, 2.24) is 4.98 Å². The summed E-state index contributed by atoms with van der Waals surface area (Å²) in [5.41, 5.74) is 1.03. The molecule has 0 aliphatic heterocycles. The molecule has 1 aromatic carbocycles. The molecule has 0 spiro atoms. The molecule has 2 rings (SSSR count). The third kappa shape index (κ3) is 2.53. The highest BCUT2D eigenvalue weighted by Gasteiger charge is 2.11. The molecule has 2 nitrogen and oxygen atoms in total. The second-order valence-corrected chi connectivity index (χ2v) is 5.74. The normalized spacial score (nSPS) is 11.8. The Morgan fingerprint density at radius 2 is 1.88 bits per heavy atom. The first-order valence-corrected chi connectivity index (χ1v) is 6.08. The van der Waals surface area contributed by atoms with E-state index in [0.29, 0.717) is 0 Å². The number of para-hydroxylation sites is 1. The third-order valence-corrected chi connectivity index (χ3v) is 2.82. The van der Waals surface area contributed by atoms with E-state index in [2.05, 4.69) is 53.1 Å². The maximum Gasteiger partial charge on any atom is 0.128 e. The maximum atomic E-state index is 4.58. The number of aromatic nitrogens is 1. The lowest BCUT2D eigenvalue weighted by Gasteiger charge is -2.21. The molecule has 16 heavy (non-hydrogen) atoms. The molecule has 1 aromatic heterocycles. The van der Waals surface area contributed by atoms with Gasteiger partial charge < -0.3 is 5.32 Å². The fourth-order valence-corrected chi connectivity index (χ4v) is 2.13. The van der Waals surface area contributed by atoms with E-state index < -0.39 is 0 Å². The standard InChI is InChI=1S/C13H15BrN2/c1-13(2,3)16-12-8-10(14)9-6-4-5-7-11(9)15-12/h4-8H,1-3H3,(H,15,16). The largest absolute Gasteiger partial charge is 0.365 e. The van der Waals surface area contributed by atoms with Crippen molar-refractivity contribution in [3.63, 3.8) is 0 Å². The molecule has 0 amide bonds. The topological polar surface area (TPSA) is 24.9 Å². The summed E-state index contributed by atoms with van der Waals surface area (Å²) in [7, 11) is 0. The van der Waals surface area contributed by atoms with Gasteiger partial charge in [0.25, 0.3) is 0 Å². The van der Waals surface area contributed by atoms with E-state index in [0.717, 1.165) is 21.2 Å². The fraction of sp³-hybridized carbons (Fsp3) is 0.308. The van der Waals surface area contributed by atoms with Crippen molar-refractivity contribution >= 4 is 32.7 Å². The molecule has 0 bridgehead atoms. The lowest BCUT2D eigenvalue weighted by Crippen LogP contribution is -2.26. The van der Waals surface area contributed by atoms with Crippen LogP contribution in [0.2, 0.25) is 0 Å². The summed E-state index contributed by atoms with van der Waals surface area (Å²) in [4.78, 5) is 4.58.